The number of carbonyl (C=O) groups is 2. The number of carbonyl (C=O) groups excluding carboxylic acids is 2. The Kier molecular flexibility index (Phi) is 6.60. The number of halogens is 1. The van der Waals surface area contributed by atoms with Crippen molar-refractivity contribution in [2.24, 2.45) is 5.92 Å². The molecule has 0 bridgehead atoms. The molecule has 1 fully saturated rings. The van der Waals surface area contributed by atoms with Gasteiger partial charge in [0, 0.05) is 30.9 Å². The van der Waals surface area contributed by atoms with E-state index < -0.39 is 11.6 Å². The summed E-state index contributed by atoms with van der Waals surface area (Å²) in [6.45, 7) is 11.1. The van der Waals surface area contributed by atoms with Crippen LogP contribution in [0.15, 0.2) is 18.3 Å². The van der Waals surface area contributed by atoms with E-state index in [0.717, 1.165) is 18.5 Å². The van der Waals surface area contributed by atoms with E-state index in [2.05, 4.69) is 12.0 Å². The molecule has 7 nitrogen and oxygen atoms in total. The van der Waals surface area contributed by atoms with Gasteiger partial charge in [0.25, 0.3) is 0 Å². The van der Waals surface area contributed by atoms with E-state index in [1.165, 1.54) is 0 Å². The summed E-state index contributed by atoms with van der Waals surface area (Å²) < 4.78 is 12.5. The summed E-state index contributed by atoms with van der Waals surface area (Å²) in [6.07, 6.45) is 3.07. The number of hydrogen-bond donors (Lipinski definition) is 0. The molecule has 0 aromatic carbocycles. The molecule has 1 amide bonds. The first kappa shape index (κ1) is 22.4. The summed E-state index contributed by atoms with van der Waals surface area (Å²) in [4.78, 5) is 26.6. The van der Waals surface area contributed by atoms with Crippen molar-refractivity contribution in [3.8, 4) is 0 Å². The van der Waals surface area contributed by atoms with Crippen LogP contribution in [0.2, 0.25) is 5.02 Å². The standard InChI is InChI=1S/C22H30ClN3O4/c1-6-29-20(27)16-13-18(26-19(16)17(23)7-10-24-26)14(2)15-8-11-25(12-9-15)21(28)30-22(3,4)5/h7,10,13-15H,6,8-9,11-12H2,1-5H3. The van der Waals surface area contributed by atoms with Crippen LogP contribution in [0.25, 0.3) is 5.52 Å². The van der Waals surface area contributed by atoms with Crippen molar-refractivity contribution in [1.82, 2.24) is 14.5 Å². The van der Waals surface area contributed by atoms with Gasteiger partial charge in [-0.2, -0.15) is 5.10 Å². The number of likely N-dealkylation sites (tertiary alicyclic amines) is 1. The van der Waals surface area contributed by atoms with Crippen LogP contribution in [0.1, 0.15) is 69.4 Å². The third-order valence-corrected chi connectivity index (χ3v) is 5.80. The van der Waals surface area contributed by atoms with Gasteiger partial charge in [-0.1, -0.05) is 18.5 Å². The average molecular weight is 436 g/mol. The fourth-order valence-electron chi connectivity index (χ4n) is 3.96. The molecule has 1 unspecified atom stereocenters. The van der Waals surface area contributed by atoms with E-state index in [1.54, 1.807) is 28.6 Å². The van der Waals surface area contributed by atoms with Crippen LogP contribution in [0.3, 0.4) is 0 Å². The van der Waals surface area contributed by atoms with Gasteiger partial charge in [-0.3, -0.25) is 0 Å². The Bertz CT molecular complexity index is 926. The molecule has 0 saturated carbocycles. The van der Waals surface area contributed by atoms with Crippen LogP contribution in [-0.4, -0.2) is 51.9 Å². The van der Waals surface area contributed by atoms with Gasteiger partial charge >= 0.3 is 12.1 Å². The smallest absolute Gasteiger partial charge is 0.410 e. The highest BCUT2D eigenvalue weighted by molar-refractivity contribution is 6.34. The Morgan fingerprint density at radius 3 is 2.57 bits per heavy atom. The van der Waals surface area contributed by atoms with Crippen molar-refractivity contribution < 1.29 is 19.1 Å². The van der Waals surface area contributed by atoms with Crippen LogP contribution in [-0.2, 0) is 9.47 Å². The first-order valence-corrected chi connectivity index (χ1v) is 10.8. The predicted molar refractivity (Wildman–Crippen MR) is 115 cm³/mol. The monoisotopic (exact) mass is 435 g/mol. The Balaban J connectivity index is 1.80. The van der Waals surface area contributed by atoms with E-state index in [1.807, 2.05) is 26.8 Å². The second-order valence-electron chi connectivity index (χ2n) is 8.74. The lowest BCUT2D eigenvalue weighted by Crippen LogP contribution is -2.42. The molecule has 1 aliphatic heterocycles. The van der Waals surface area contributed by atoms with Gasteiger partial charge in [0.15, 0.2) is 0 Å². The minimum Gasteiger partial charge on any atom is -0.462 e. The molecule has 0 N–H and O–H groups in total. The minimum absolute atomic E-state index is 0.132. The molecule has 2 aromatic rings. The third kappa shape index (κ3) is 4.72. The number of ether oxygens (including phenoxy) is 2. The van der Waals surface area contributed by atoms with Crippen molar-refractivity contribution in [2.45, 2.75) is 59.0 Å². The largest absolute Gasteiger partial charge is 0.462 e. The fourth-order valence-corrected chi connectivity index (χ4v) is 4.20. The van der Waals surface area contributed by atoms with Crippen LogP contribution in [0, 0.1) is 5.92 Å². The van der Waals surface area contributed by atoms with Crippen molar-refractivity contribution in [3.05, 3.63) is 34.6 Å². The maximum atomic E-state index is 12.5. The highest BCUT2D eigenvalue weighted by Crippen LogP contribution is 2.36. The maximum absolute atomic E-state index is 12.5. The zero-order valence-electron chi connectivity index (χ0n) is 18.3. The molecule has 2 aromatic heterocycles. The van der Waals surface area contributed by atoms with Crippen molar-refractivity contribution in [3.63, 3.8) is 0 Å². The van der Waals surface area contributed by atoms with Crippen LogP contribution < -0.4 is 0 Å². The van der Waals surface area contributed by atoms with E-state index in [-0.39, 0.29) is 12.0 Å². The van der Waals surface area contributed by atoms with E-state index in [0.29, 0.717) is 41.7 Å². The van der Waals surface area contributed by atoms with Gasteiger partial charge in [-0.25, -0.2) is 14.1 Å². The summed E-state index contributed by atoms with van der Waals surface area (Å²) >= 11 is 6.39. The Morgan fingerprint density at radius 2 is 1.97 bits per heavy atom. The third-order valence-electron chi connectivity index (χ3n) is 5.49. The van der Waals surface area contributed by atoms with Gasteiger partial charge in [0.05, 0.1) is 22.7 Å². The van der Waals surface area contributed by atoms with Gasteiger partial charge in [0.1, 0.15) is 5.60 Å². The van der Waals surface area contributed by atoms with Gasteiger partial charge in [-0.15, -0.1) is 0 Å². The zero-order valence-corrected chi connectivity index (χ0v) is 19.0. The molecule has 0 aliphatic carbocycles. The summed E-state index contributed by atoms with van der Waals surface area (Å²) in [6, 6.07) is 3.52. The number of aromatic nitrogens is 2. The first-order valence-electron chi connectivity index (χ1n) is 10.4. The van der Waals surface area contributed by atoms with Crippen molar-refractivity contribution in [1.29, 1.82) is 0 Å². The molecular weight excluding hydrogens is 406 g/mol. The Labute approximate surface area is 182 Å². The SMILES string of the molecule is CCOC(=O)c1cc(C(C)C2CCN(C(=O)OC(C)(C)C)CC2)n2nccc(Cl)c12. The number of fused-ring (bicyclic) bond motifs is 1. The summed E-state index contributed by atoms with van der Waals surface area (Å²) in [5.74, 6) is 0.0770. The minimum atomic E-state index is -0.500. The number of rotatable bonds is 4. The highest BCUT2D eigenvalue weighted by Gasteiger charge is 2.32. The molecule has 3 rings (SSSR count). The normalized spacial score (nSPS) is 16.5. The van der Waals surface area contributed by atoms with Crippen molar-refractivity contribution >= 4 is 29.2 Å². The molecular formula is C22H30ClN3O4. The van der Waals surface area contributed by atoms with Gasteiger partial charge in [-0.05, 0) is 58.6 Å². The molecule has 1 saturated heterocycles. The Morgan fingerprint density at radius 1 is 1.30 bits per heavy atom. The quantitative estimate of drug-likeness (QED) is 0.637. The second-order valence-corrected chi connectivity index (χ2v) is 9.14. The molecule has 30 heavy (non-hydrogen) atoms. The van der Waals surface area contributed by atoms with Crippen LogP contribution in [0.5, 0.6) is 0 Å². The topological polar surface area (TPSA) is 73.1 Å². The molecule has 0 spiro atoms. The van der Waals surface area contributed by atoms with E-state index in [4.69, 9.17) is 21.1 Å². The second kappa shape index (κ2) is 8.84. The van der Waals surface area contributed by atoms with Gasteiger partial charge < -0.3 is 14.4 Å². The van der Waals surface area contributed by atoms with E-state index >= 15 is 0 Å². The molecule has 1 atom stereocenters. The molecule has 8 heteroatoms. The maximum Gasteiger partial charge on any atom is 0.410 e. The van der Waals surface area contributed by atoms with Crippen LogP contribution in [0.4, 0.5) is 4.79 Å². The average Bonchev–Trinajstić information content (AvgIpc) is 3.07. The lowest BCUT2D eigenvalue weighted by molar-refractivity contribution is 0.0175. The number of esters is 1. The van der Waals surface area contributed by atoms with Crippen LogP contribution >= 0.6 is 11.6 Å². The summed E-state index contributed by atoms with van der Waals surface area (Å²) in [7, 11) is 0. The summed E-state index contributed by atoms with van der Waals surface area (Å²) in [5.41, 5.74) is 1.43. The molecule has 1 aliphatic rings. The summed E-state index contributed by atoms with van der Waals surface area (Å²) in [5, 5.41) is 4.91. The van der Waals surface area contributed by atoms with E-state index in [9.17, 15) is 9.59 Å². The Hall–Kier alpha value is -2.28. The molecule has 3 heterocycles. The number of hydrogen-bond acceptors (Lipinski definition) is 5. The predicted octanol–water partition coefficient (Wildman–Crippen LogP) is 4.92. The lowest BCUT2D eigenvalue weighted by atomic mass is 9.83. The first-order chi connectivity index (χ1) is 14.1. The number of piperidine rings is 1. The molecule has 164 valence electrons. The number of nitrogens with zero attached hydrogens (tertiary/aromatic N) is 3. The lowest BCUT2D eigenvalue weighted by Gasteiger charge is -2.35. The zero-order chi connectivity index (χ0) is 22.1. The fraction of sp³-hybridized carbons (Fsp3) is 0.591. The van der Waals surface area contributed by atoms with Gasteiger partial charge in [0.2, 0.25) is 0 Å². The number of amides is 1. The highest BCUT2D eigenvalue weighted by atomic mass is 35.5. The molecule has 0 radical (unpaired) electrons. The van der Waals surface area contributed by atoms with Crippen molar-refractivity contribution in [2.75, 3.05) is 19.7 Å².